The molecular weight excluding hydrogens is 386 g/mol. The Bertz CT molecular complexity index is 1210. The molecule has 1 saturated heterocycles. The predicted molar refractivity (Wildman–Crippen MR) is 112 cm³/mol. The number of nitrogens with one attached hydrogen (secondary N) is 2. The summed E-state index contributed by atoms with van der Waals surface area (Å²) in [7, 11) is 1.55. The van der Waals surface area contributed by atoms with Gasteiger partial charge in [0.05, 0.1) is 19.2 Å². The zero-order chi connectivity index (χ0) is 21.4. The first-order valence-electron chi connectivity index (χ1n) is 9.73. The highest BCUT2D eigenvalue weighted by molar-refractivity contribution is 5.99. The third-order valence-electron chi connectivity index (χ3n) is 5.37. The second-order valence-corrected chi connectivity index (χ2v) is 7.34. The van der Waals surface area contributed by atoms with Crippen molar-refractivity contribution in [3.63, 3.8) is 0 Å². The monoisotopic (exact) mass is 409 g/mol. The molecule has 0 aliphatic carbocycles. The maximum atomic E-state index is 12.7. The lowest BCUT2D eigenvalue weighted by atomic mass is 10.1. The normalized spacial score (nSPS) is 13.8. The highest BCUT2D eigenvalue weighted by Gasteiger charge is 2.25. The molecule has 0 spiro atoms. The molecule has 9 nitrogen and oxygen atoms in total. The number of carbonyl (C=O) groups excluding carboxylic acids is 2. The van der Waals surface area contributed by atoms with Gasteiger partial charge in [-0.2, -0.15) is 0 Å². The van der Waals surface area contributed by atoms with Crippen molar-refractivity contribution in [2.24, 2.45) is 0 Å². The van der Waals surface area contributed by atoms with Crippen LogP contribution in [0.1, 0.15) is 29.8 Å². The third-order valence-corrected chi connectivity index (χ3v) is 5.37. The minimum Gasteiger partial charge on any atom is -0.495 e. The van der Waals surface area contributed by atoms with Gasteiger partial charge in [0, 0.05) is 41.7 Å². The first-order valence-corrected chi connectivity index (χ1v) is 9.73. The average Bonchev–Trinajstić information content (AvgIpc) is 3.30. The standard InChI is InChI=1S/C21H23N5O4/c1-12-15(13(2)26-18(22-12)11-20(28)24-26)10-19(27)23-14-6-7-17(30-3)16(9-14)25-8-4-5-21(25)29/h6-7,9,11H,4-5,8,10H2,1-3H3,(H,23,27)(H,24,28). The zero-order valence-electron chi connectivity index (χ0n) is 17.1. The van der Waals surface area contributed by atoms with Gasteiger partial charge in [-0.25, -0.2) is 9.50 Å². The van der Waals surface area contributed by atoms with Crippen molar-refractivity contribution < 1.29 is 14.3 Å². The smallest absolute Gasteiger partial charge is 0.266 e. The van der Waals surface area contributed by atoms with Gasteiger partial charge in [0.1, 0.15) is 5.75 Å². The van der Waals surface area contributed by atoms with E-state index in [9.17, 15) is 14.4 Å². The number of anilines is 2. The predicted octanol–water partition coefficient (Wildman–Crippen LogP) is 1.96. The van der Waals surface area contributed by atoms with Crippen LogP contribution in [-0.2, 0) is 16.0 Å². The Morgan fingerprint density at radius 2 is 2.07 bits per heavy atom. The quantitative estimate of drug-likeness (QED) is 0.670. The molecule has 1 aliphatic heterocycles. The number of amides is 2. The fourth-order valence-electron chi connectivity index (χ4n) is 3.86. The molecule has 3 aromatic rings. The van der Waals surface area contributed by atoms with E-state index >= 15 is 0 Å². The number of aromatic amines is 1. The van der Waals surface area contributed by atoms with Gasteiger partial charge in [0.25, 0.3) is 5.56 Å². The van der Waals surface area contributed by atoms with Crippen LogP contribution in [0.25, 0.3) is 5.65 Å². The molecule has 0 atom stereocenters. The molecule has 2 aromatic heterocycles. The van der Waals surface area contributed by atoms with Crippen LogP contribution in [0, 0.1) is 13.8 Å². The van der Waals surface area contributed by atoms with Crippen LogP contribution in [0.2, 0.25) is 0 Å². The maximum Gasteiger partial charge on any atom is 0.266 e. The maximum absolute atomic E-state index is 12.7. The fourth-order valence-corrected chi connectivity index (χ4v) is 3.86. The molecule has 9 heteroatoms. The lowest BCUT2D eigenvalue weighted by Crippen LogP contribution is -2.24. The summed E-state index contributed by atoms with van der Waals surface area (Å²) in [5, 5.41) is 5.58. The molecule has 0 bridgehead atoms. The topological polar surface area (TPSA) is 109 Å². The fraction of sp³-hybridized carbons (Fsp3) is 0.333. The molecule has 0 radical (unpaired) electrons. The summed E-state index contributed by atoms with van der Waals surface area (Å²) in [4.78, 5) is 42.6. The number of ether oxygens (including phenoxy) is 1. The number of H-pyrrole nitrogens is 1. The van der Waals surface area contributed by atoms with Gasteiger partial charge in [-0.1, -0.05) is 0 Å². The molecule has 3 heterocycles. The van der Waals surface area contributed by atoms with E-state index < -0.39 is 0 Å². The lowest BCUT2D eigenvalue weighted by Gasteiger charge is -2.20. The van der Waals surface area contributed by atoms with Gasteiger partial charge >= 0.3 is 0 Å². The van der Waals surface area contributed by atoms with Gasteiger partial charge in [-0.15, -0.1) is 0 Å². The Kier molecular flexibility index (Phi) is 5.03. The second kappa shape index (κ2) is 7.66. The number of methoxy groups -OCH3 is 1. The van der Waals surface area contributed by atoms with Gasteiger partial charge in [-0.05, 0) is 38.5 Å². The molecule has 1 aromatic carbocycles. The van der Waals surface area contributed by atoms with E-state index in [0.717, 1.165) is 17.7 Å². The van der Waals surface area contributed by atoms with Crippen LogP contribution in [0.4, 0.5) is 11.4 Å². The Morgan fingerprint density at radius 3 is 2.77 bits per heavy atom. The van der Waals surface area contributed by atoms with E-state index in [1.165, 1.54) is 6.07 Å². The number of aromatic nitrogens is 3. The number of hydrogen-bond donors (Lipinski definition) is 2. The summed E-state index contributed by atoms with van der Waals surface area (Å²) in [6.45, 7) is 4.29. The number of fused-ring (bicyclic) bond motifs is 1. The first-order chi connectivity index (χ1) is 14.4. The molecule has 2 amide bonds. The average molecular weight is 409 g/mol. The van der Waals surface area contributed by atoms with Crippen molar-refractivity contribution in [2.75, 3.05) is 23.9 Å². The van der Waals surface area contributed by atoms with Gasteiger partial charge in [0.2, 0.25) is 11.8 Å². The van der Waals surface area contributed by atoms with Gasteiger partial charge in [-0.3, -0.25) is 19.5 Å². The number of hydrogen-bond acceptors (Lipinski definition) is 5. The van der Waals surface area contributed by atoms with Crippen molar-refractivity contribution in [1.82, 2.24) is 14.6 Å². The van der Waals surface area contributed by atoms with Gasteiger partial charge < -0.3 is 15.0 Å². The van der Waals surface area contributed by atoms with Crippen molar-refractivity contribution in [3.8, 4) is 5.75 Å². The Labute approximate surface area is 172 Å². The zero-order valence-corrected chi connectivity index (χ0v) is 17.1. The van der Waals surface area contributed by atoms with Crippen molar-refractivity contribution in [2.45, 2.75) is 33.1 Å². The van der Waals surface area contributed by atoms with Crippen molar-refractivity contribution in [1.29, 1.82) is 0 Å². The van der Waals surface area contributed by atoms with Crippen molar-refractivity contribution >= 4 is 28.8 Å². The molecule has 30 heavy (non-hydrogen) atoms. The highest BCUT2D eigenvalue weighted by Crippen LogP contribution is 2.34. The summed E-state index contributed by atoms with van der Waals surface area (Å²) in [6, 6.07) is 6.66. The molecule has 156 valence electrons. The second-order valence-electron chi connectivity index (χ2n) is 7.34. The van der Waals surface area contributed by atoms with E-state index in [1.54, 1.807) is 34.7 Å². The molecule has 0 saturated carbocycles. The summed E-state index contributed by atoms with van der Waals surface area (Å²) in [5.41, 5.74) is 3.71. The summed E-state index contributed by atoms with van der Waals surface area (Å²) < 4.78 is 6.98. The van der Waals surface area contributed by atoms with E-state index in [4.69, 9.17) is 4.74 Å². The summed E-state index contributed by atoms with van der Waals surface area (Å²) >= 11 is 0. The molecule has 4 rings (SSSR count). The van der Waals surface area contributed by atoms with E-state index in [-0.39, 0.29) is 23.8 Å². The van der Waals surface area contributed by atoms with E-state index in [2.05, 4.69) is 15.4 Å². The van der Waals surface area contributed by atoms with E-state index in [1.807, 2.05) is 13.8 Å². The molecular formula is C21H23N5O4. The molecule has 1 aliphatic rings. The molecule has 2 N–H and O–H groups in total. The van der Waals surface area contributed by atoms with Crippen LogP contribution >= 0.6 is 0 Å². The number of rotatable bonds is 5. The molecule has 0 unspecified atom stereocenters. The first kappa shape index (κ1) is 19.7. The number of benzene rings is 1. The highest BCUT2D eigenvalue weighted by atomic mass is 16.5. The van der Waals surface area contributed by atoms with E-state index in [0.29, 0.717) is 41.4 Å². The Hall–Kier alpha value is -3.62. The minimum atomic E-state index is -0.242. The third kappa shape index (κ3) is 3.54. The van der Waals surface area contributed by atoms with Crippen LogP contribution in [0.3, 0.4) is 0 Å². The number of aryl methyl sites for hydroxylation is 2. The molecule has 1 fully saturated rings. The van der Waals surface area contributed by atoms with Crippen molar-refractivity contribution in [3.05, 3.63) is 51.6 Å². The van der Waals surface area contributed by atoms with Crippen LogP contribution in [0.15, 0.2) is 29.1 Å². The number of carbonyl (C=O) groups is 2. The Morgan fingerprint density at radius 1 is 1.27 bits per heavy atom. The number of nitrogens with zero attached hydrogens (tertiary/aromatic N) is 3. The lowest BCUT2D eigenvalue weighted by molar-refractivity contribution is -0.117. The largest absolute Gasteiger partial charge is 0.495 e. The summed E-state index contributed by atoms with van der Waals surface area (Å²) in [6.07, 6.45) is 1.41. The summed E-state index contributed by atoms with van der Waals surface area (Å²) in [5.74, 6) is 0.407. The Balaban J connectivity index is 1.58. The van der Waals surface area contributed by atoms with Crippen LogP contribution in [0.5, 0.6) is 5.75 Å². The van der Waals surface area contributed by atoms with Crippen LogP contribution < -0.4 is 20.5 Å². The minimum absolute atomic E-state index is 0.0446. The van der Waals surface area contributed by atoms with Crippen LogP contribution in [-0.4, -0.2) is 40.1 Å². The van der Waals surface area contributed by atoms with Gasteiger partial charge in [0.15, 0.2) is 5.65 Å². The SMILES string of the molecule is COc1ccc(NC(=O)Cc2c(C)nc3cc(=O)[nH]n3c2C)cc1N1CCCC1=O.